The second-order valence-electron chi connectivity index (χ2n) is 7.04. The van der Waals surface area contributed by atoms with Crippen molar-refractivity contribution < 1.29 is 14.4 Å². The van der Waals surface area contributed by atoms with Crippen molar-refractivity contribution in [2.24, 2.45) is 11.8 Å². The molecule has 7 nitrogen and oxygen atoms in total. The Morgan fingerprint density at radius 2 is 1.81 bits per heavy atom. The van der Waals surface area contributed by atoms with E-state index in [4.69, 9.17) is 0 Å². The van der Waals surface area contributed by atoms with Gasteiger partial charge in [-0.3, -0.25) is 24.6 Å². The Hall–Kier alpha value is -2.96. The lowest BCUT2D eigenvalue weighted by Gasteiger charge is -2.15. The van der Waals surface area contributed by atoms with Crippen LogP contribution >= 0.6 is 0 Å². The van der Waals surface area contributed by atoms with Crippen molar-refractivity contribution in [2.75, 3.05) is 11.9 Å². The molecule has 1 fully saturated rings. The fourth-order valence-electron chi connectivity index (χ4n) is 3.95. The van der Waals surface area contributed by atoms with E-state index in [0.29, 0.717) is 25.3 Å². The van der Waals surface area contributed by atoms with Gasteiger partial charge in [0.2, 0.25) is 23.7 Å². The first kappa shape index (κ1) is 17.5. The summed E-state index contributed by atoms with van der Waals surface area (Å²) in [6.45, 7) is 2.51. The molecule has 1 aromatic heterocycles. The molecule has 2 aliphatic rings. The standard InChI is InChI=1S/C20H22N4O3/c1-2-11-23-16-10-6-5-9-15(16)21-20(23)22-17(25)12-24-18(26)13-7-3-4-8-14(13)19(24)27/h3-6,9-10,13-14H,2,7-8,11-12H2,1H3,(H,21,22,25). The molecule has 1 aromatic carbocycles. The highest BCUT2D eigenvalue weighted by atomic mass is 16.2. The summed E-state index contributed by atoms with van der Waals surface area (Å²) in [5.41, 5.74) is 1.74. The number of hydrogen-bond acceptors (Lipinski definition) is 4. The monoisotopic (exact) mass is 366 g/mol. The Labute approximate surface area is 157 Å². The number of benzene rings is 1. The van der Waals surface area contributed by atoms with Crippen molar-refractivity contribution in [3.8, 4) is 0 Å². The third kappa shape index (κ3) is 3.03. The molecule has 140 valence electrons. The zero-order valence-corrected chi connectivity index (χ0v) is 15.2. The lowest BCUT2D eigenvalue weighted by atomic mass is 9.85. The van der Waals surface area contributed by atoms with E-state index in [2.05, 4.69) is 17.2 Å². The number of imide groups is 1. The maximum absolute atomic E-state index is 12.6. The Balaban J connectivity index is 1.52. The topological polar surface area (TPSA) is 84.3 Å². The fourth-order valence-corrected chi connectivity index (χ4v) is 3.95. The SMILES string of the molecule is CCCn1c(NC(=O)CN2C(=O)C3CC=CCC3C2=O)nc2ccccc21. The average molecular weight is 366 g/mol. The van der Waals surface area contributed by atoms with Gasteiger partial charge in [-0.05, 0) is 31.4 Å². The molecular formula is C20H22N4O3. The first-order valence-electron chi connectivity index (χ1n) is 9.35. The predicted molar refractivity (Wildman–Crippen MR) is 101 cm³/mol. The molecule has 27 heavy (non-hydrogen) atoms. The Morgan fingerprint density at radius 1 is 1.15 bits per heavy atom. The number of fused-ring (bicyclic) bond motifs is 2. The van der Waals surface area contributed by atoms with Crippen LogP contribution in [0.3, 0.4) is 0 Å². The largest absolute Gasteiger partial charge is 0.310 e. The van der Waals surface area contributed by atoms with Gasteiger partial charge in [-0.15, -0.1) is 0 Å². The van der Waals surface area contributed by atoms with Gasteiger partial charge in [0.25, 0.3) is 0 Å². The lowest BCUT2D eigenvalue weighted by Crippen LogP contribution is -2.38. The van der Waals surface area contributed by atoms with Gasteiger partial charge in [-0.2, -0.15) is 0 Å². The van der Waals surface area contributed by atoms with Crippen molar-refractivity contribution in [3.05, 3.63) is 36.4 Å². The number of nitrogens with one attached hydrogen (secondary N) is 1. The Morgan fingerprint density at radius 3 is 2.48 bits per heavy atom. The van der Waals surface area contributed by atoms with Gasteiger partial charge in [0.15, 0.2) is 0 Å². The molecule has 1 aliphatic heterocycles. The van der Waals surface area contributed by atoms with Crippen molar-refractivity contribution in [2.45, 2.75) is 32.7 Å². The minimum atomic E-state index is -0.407. The number of amides is 3. The summed E-state index contributed by atoms with van der Waals surface area (Å²) in [5.74, 6) is -1.09. The predicted octanol–water partition coefficient (Wildman–Crippen LogP) is 2.34. The van der Waals surface area contributed by atoms with Crippen LogP contribution in [0.25, 0.3) is 11.0 Å². The summed E-state index contributed by atoms with van der Waals surface area (Å²) in [7, 11) is 0. The zero-order valence-electron chi connectivity index (χ0n) is 15.2. The Kier molecular flexibility index (Phi) is 4.51. The molecule has 2 atom stereocenters. The van der Waals surface area contributed by atoms with Gasteiger partial charge in [-0.1, -0.05) is 31.2 Å². The second-order valence-corrected chi connectivity index (χ2v) is 7.04. The van der Waals surface area contributed by atoms with Crippen LogP contribution in [0.4, 0.5) is 5.95 Å². The third-order valence-corrected chi connectivity index (χ3v) is 5.25. The van der Waals surface area contributed by atoms with E-state index in [1.165, 1.54) is 0 Å². The number of imidazole rings is 1. The van der Waals surface area contributed by atoms with Crippen molar-refractivity contribution in [1.82, 2.24) is 14.5 Å². The molecule has 2 aromatic rings. The quantitative estimate of drug-likeness (QED) is 0.650. The summed E-state index contributed by atoms with van der Waals surface area (Å²) < 4.78 is 1.95. The summed E-state index contributed by atoms with van der Waals surface area (Å²) >= 11 is 0. The molecule has 0 saturated carbocycles. The van der Waals surface area contributed by atoms with E-state index in [1.54, 1.807) is 0 Å². The van der Waals surface area contributed by atoms with Crippen LogP contribution in [-0.2, 0) is 20.9 Å². The number of aromatic nitrogens is 2. The number of rotatable bonds is 5. The highest BCUT2D eigenvalue weighted by molar-refractivity contribution is 6.08. The van der Waals surface area contributed by atoms with E-state index < -0.39 is 5.91 Å². The molecule has 1 saturated heterocycles. The number of nitrogens with zero attached hydrogens (tertiary/aromatic N) is 3. The molecule has 2 heterocycles. The molecule has 0 radical (unpaired) electrons. The van der Waals surface area contributed by atoms with Crippen LogP contribution in [0.1, 0.15) is 26.2 Å². The first-order valence-corrected chi connectivity index (χ1v) is 9.35. The number of hydrogen-bond donors (Lipinski definition) is 1. The number of aryl methyl sites for hydroxylation is 1. The summed E-state index contributed by atoms with van der Waals surface area (Å²) in [4.78, 5) is 43.2. The summed E-state index contributed by atoms with van der Waals surface area (Å²) in [6, 6.07) is 7.68. The van der Waals surface area contributed by atoms with Crippen LogP contribution in [0.15, 0.2) is 36.4 Å². The van der Waals surface area contributed by atoms with E-state index in [-0.39, 0.29) is 30.2 Å². The molecule has 4 rings (SSSR count). The van der Waals surface area contributed by atoms with Crippen LogP contribution in [0.5, 0.6) is 0 Å². The van der Waals surface area contributed by atoms with Gasteiger partial charge in [0.05, 0.1) is 22.9 Å². The van der Waals surface area contributed by atoms with E-state index in [9.17, 15) is 14.4 Å². The van der Waals surface area contributed by atoms with E-state index in [0.717, 1.165) is 22.4 Å². The van der Waals surface area contributed by atoms with Gasteiger partial charge in [-0.25, -0.2) is 4.98 Å². The highest BCUT2D eigenvalue weighted by Crippen LogP contribution is 2.34. The maximum Gasteiger partial charge on any atom is 0.246 e. The summed E-state index contributed by atoms with van der Waals surface area (Å²) in [6.07, 6.45) is 5.90. The number of para-hydroxylation sites is 2. The molecular weight excluding hydrogens is 344 g/mol. The van der Waals surface area contributed by atoms with Gasteiger partial charge in [0.1, 0.15) is 6.54 Å². The van der Waals surface area contributed by atoms with Gasteiger partial charge in [0, 0.05) is 6.54 Å². The lowest BCUT2D eigenvalue weighted by molar-refractivity contribution is -0.142. The van der Waals surface area contributed by atoms with Crippen molar-refractivity contribution in [1.29, 1.82) is 0 Å². The van der Waals surface area contributed by atoms with Crippen LogP contribution in [0.2, 0.25) is 0 Å². The van der Waals surface area contributed by atoms with Gasteiger partial charge >= 0.3 is 0 Å². The van der Waals surface area contributed by atoms with Crippen LogP contribution in [-0.4, -0.2) is 38.7 Å². The number of carbonyl (C=O) groups excluding carboxylic acids is 3. The normalized spacial score (nSPS) is 21.7. The molecule has 7 heteroatoms. The fraction of sp³-hybridized carbons (Fsp3) is 0.400. The van der Waals surface area contributed by atoms with Crippen molar-refractivity contribution >= 4 is 34.7 Å². The van der Waals surface area contributed by atoms with Gasteiger partial charge < -0.3 is 4.57 Å². The molecule has 1 aliphatic carbocycles. The average Bonchev–Trinajstić information content (AvgIpc) is 3.13. The summed E-state index contributed by atoms with van der Waals surface area (Å²) in [5, 5.41) is 2.79. The minimum absolute atomic E-state index is 0.244. The molecule has 1 N–H and O–H groups in total. The third-order valence-electron chi connectivity index (χ3n) is 5.25. The smallest absolute Gasteiger partial charge is 0.246 e. The molecule has 0 spiro atoms. The Bertz CT molecular complexity index is 920. The molecule has 3 amide bonds. The zero-order chi connectivity index (χ0) is 19.0. The number of anilines is 1. The minimum Gasteiger partial charge on any atom is -0.310 e. The number of carbonyl (C=O) groups is 3. The number of allylic oxidation sites excluding steroid dienone is 2. The second kappa shape index (κ2) is 6.98. The molecule has 2 unspecified atom stereocenters. The first-order chi connectivity index (χ1) is 13.1. The van der Waals surface area contributed by atoms with E-state index in [1.807, 2.05) is 41.0 Å². The number of likely N-dealkylation sites (tertiary alicyclic amines) is 1. The molecule has 0 bridgehead atoms. The van der Waals surface area contributed by atoms with Crippen molar-refractivity contribution in [3.63, 3.8) is 0 Å². The van der Waals surface area contributed by atoms with Crippen LogP contribution in [0, 0.1) is 11.8 Å². The highest BCUT2D eigenvalue weighted by Gasteiger charge is 2.47. The maximum atomic E-state index is 12.6. The van der Waals surface area contributed by atoms with Crippen LogP contribution < -0.4 is 5.32 Å². The van der Waals surface area contributed by atoms with E-state index >= 15 is 0 Å².